The maximum absolute atomic E-state index is 12.9. The lowest BCUT2D eigenvalue weighted by atomic mass is 10.1. The molecule has 0 unspecified atom stereocenters. The van der Waals surface area contributed by atoms with E-state index in [-0.39, 0.29) is 25.6 Å². The molecule has 0 spiro atoms. The zero-order chi connectivity index (χ0) is 17.9. The second kappa shape index (κ2) is 6.96. The lowest BCUT2D eigenvalue weighted by Gasteiger charge is -2.38. The van der Waals surface area contributed by atoms with E-state index in [9.17, 15) is 18.0 Å². The third-order valence-electron chi connectivity index (χ3n) is 3.55. The van der Waals surface area contributed by atoms with Crippen LogP contribution in [0.4, 0.5) is 13.2 Å². The topological polar surface area (TPSA) is 64.5 Å². The Hall–Kier alpha value is -2.84. The molecule has 1 fully saturated rings. The third-order valence-corrected chi connectivity index (χ3v) is 3.55. The van der Waals surface area contributed by atoms with E-state index >= 15 is 0 Å². The molecule has 1 amide bonds. The number of pyridine rings is 2. The van der Waals surface area contributed by atoms with E-state index in [4.69, 9.17) is 9.47 Å². The fourth-order valence-electron chi connectivity index (χ4n) is 2.24. The van der Waals surface area contributed by atoms with Crippen LogP contribution in [-0.2, 0) is 11.0 Å². The van der Waals surface area contributed by atoms with Crippen molar-refractivity contribution in [3.05, 3.63) is 48.4 Å². The number of likely N-dealkylation sites (tertiary alicyclic amines) is 1. The Morgan fingerprint density at radius 3 is 2.68 bits per heavy atom. The van der Waals surface area contributed by atoms with Crippen molar-refractivity contribution in [2.45, 2.75) is 12.3 Å². The number of carbonyl (C=O) groups is 1. The summed E-state index contributed by atoms with van der Waals surface area (Å²) in [5.74, 6) is -0.285. The maximum Gasteiger partial charge on any atom is 0.421 e. The molecular formula is C16H14F3N3O3. The molecule has 132 valence electrons. The summed E-state index contributed by atoms with van der Waals surface area (Å²) in [6.45, 7) is 0.196. The molecule has 0 atom stereocenters. The standard InChI is InChI=1S/C16H14F3N3O3/c17-16(18,19)13-4-2-6-21-15(13)25-12-8-22(9-12)14(23)10-24-11-3-1-5-20-7-11/h1-7,12H,8-10H2. The molecule has 0 radical (unpaired) electrons. The largest absolute Gasteiger partial charge is 0.482 e. The van der Waals surface area contributed by atoms with Crippen molar-refractivity contribution in [1.29, 1.82) is 0 Å². The first-order valence-electron chi connectivity index (χ1n) is 7.43. The van der Waals surface area contributed by atoms with Crippen LogP contribution in [0.1, 0.15) is 5.56 Å². The van der Waals surface area contributed by atoms with Gasteiger partial charge in [-0.1, -0.05) is 0 Å². The zero-order valence-electron chi connectivity index (χ0n) is 12.9. The number of carbonyl (C=O) groups excluding carboxylic acids is 1. The molecule has 3 heterocycles. The van der Waals surface area contributed by atoms with Crippen molar-refractivity contribution in [3.63, 3.8) is 0 Å². The van der Waals surface area contributed by atoms with E-state index in [1.54, 1.807) is 18.3 Å². The summed E-state index contributed by atoms with van der Waals surface area (Å²) in [4.78, 5) is 20.9. The number of alkyl halides is 3. The Bertz CT molecular complexity index is 734. The van der Waals surface area contributed by atoms with Crippen molar-refractivity contribution in [2.24, 2.45) is 0 Å². The van der Waals surface area contributed by atoms with Crippen LogP contribution in [0.5, 0.6) is 11.6 Å². The van der Waals surface area contributed by atoms with Gasteiger partial charge >= 0.3 is 6.18 Å². The molecule has 2 aromatic heterocycles. The molecule has 0 bridgehead atoms. The van der Waals surface area contributed by atoms with E-state index in [1.807, 2.05) is 0 Å². The van der Waals surface area contributed by atoms with Crippen molar-refractivity contribution >= 4 is 5.91 Å². The first-order valence-corrected chi connectivity index (χ1v) is 7.43. The molecule has 3 rings (SSSR count). The van der Waals surface area contributed by atoms with Gasteiger partial charge in [-0.15, -0.1) is 0 Å². The Kier molecular flexibility index (Phi) is 4.73. The summed E-state index contributed by atoms with van der Waals surface area (Å²) < 4.78 is 49.2. The van der Waals surface area contributed by atoms with Gasteiger partial charge in [0, 0.05) is 12.4 Å². The first kappa shape index (κ1) is 17.0. The van der Waals surface area contributed by atoms with Crippen LogP contribution in [0.2, 0.25) is 0 Å². The van der Waals surface area contributed by atoms with Crippen LogP contribution in [0.3, 0.4) is 0 Å². The van der Waals surface area contributed by atoms with E-state index < -0.39 is 23.7 Å². The van der Waals surface area contributed by atoms with Gasteiger partial charge in [0.2, 0.25) is 5.88 Å². The number of hydrogen-bond acceptors (Lipinski definition) is 5. The highest BCUT2D eigenvalue weighted by molar-refractivity contribution is 5.78. The van der Waals surface area contributed by atoms with Gasteiger partial charge in [0.1, 0.15) is 17.4 Å². The summed E-state index contributed by atoms with van der Waals surface area (Å²) in [6.07, 6.45) is -0.777. The van der Waals surface area contributed by atoms with Gasteiger partial charge < -0.3 is 14.4 Å². The molecule has 0 aromatic carbocycles. The molecule has 0 saturated carbocycles. The molecule has 0 aliphatic carbocycles. The zero-order valence-corrected chi connectivity index (χ0v) is 12.9. The highest BCUT2D eigenvalue weighted by atomic mass is 19.4. The molecule has 25 heavy (non-hydrogen) atoms. The molecule has 1 saturated heterocycles. The Balaban J connectivity index is 1.49. The van der Waals surface area contributed by atoms with Crippen LogP contribution < -0.4 is 9.47 Å². The van der Waals surface area contributed by atoms with Gasteiger partial charge in [-0.3, -0.25) is 9.78 Å². The van der Waals surface area contributed by atoms with Gasteiger partial charge in [-0.2, -0.15) is 13.2 Å². The fourth-order valence-corrected chi connectivity index (χ4v) is 2.24. The smallest absolute Gasteiger partial charge is 0.421 e. The van der Waals surface area contributed by atoms with Crippen LogP contribution in [-0.4, -0.2) is 46.6 Å². The van der Waals surface area contributed by atoms with Crippen LogP contribution in [0, 0.1) is 0 Å². The first-order chi connectivity index (χ1) is 11.9. The van der Waals surface area contributed by atoms with Gasteiger partial charge in [0.05, 0.1) is 19.3 Å². The lowest BCUT2D eigenvalue weighted by molar-refractivity contribution is -0.146. The van der Waals surface area contributed by atoms with Crippen LogP contribution in [0.15, 0.2) is 42.9 Å². The Morgan fingerprint density at radius 1 is 1.24 bits per heavy atom. The number of aromatic nitrogens is 2. The normalized spacial score (nSPS) is 14.8. The van der Waals surface area contributed by atoms with Crippen molar-refractivity contribution in [3.8, 4) is 11.6 Å². The minimum Gasteiger partial charge on any atom is -0.482 e. The van der Waals surface area contributed by atoms with E-state index in [0.29, 0.717) is 5.75 Å². The van der Waals surface area contributed by atoms with E-state index in [1.165, 1.54) is 23.4 Å². The Morgan fingerprint density at radius 2 is 2.00 bits per heavy atom. The number of halogens is 3. The average molecular weight is 353 g/mol. The summed E-state index contributed by atoms with van der Waals surface area (Å²) >= 11 is 0. The van der Waals surface area contributed by atoms with Gasteiger partial charge in [-0.05, 0) is 24.3 Å². The minimum absolute atomic E-state index is 0.171. The van der Waals surface area contributed by atoms with Gasteiger partial charge in [-0.25, -0.2) is 4.98 Å². The number of nitrogens with zero attached hydrogens (tertiary/aromatic N) is 3. The molecule has 0 N–H and O–H groups in total. The molecule has 6 nitrogen and oxygen atoms in total. The lowest BCUT2D eigenvalue weighted by Crippen LogP contribution is -2.57. The predicted octanol–water partition coefficient (Wildman–Crippen LogP) is 2.16. The number of hydrogen-bond donors (Lipinski definition) is 0. The molecule has 9 heteroatoms. The second-order valence-electron chi connectivity index (χ2n) is 5.37. The summed E-state index contributed by atoms with van der Waals surface area (Å²) in [6, 6.07) is 5.45. The van der Waals surface area contributed by atoms with Gasteiger partial charge in [0.15, 0.2) is 6.61 Å². The van der Waals surface area contributed by atoms with E-state index in [2.05, 4.69) is 9.97 Å². The monoisotopic (exact) mass is 353 g/mol. The van der Waals surface area contributed by atoms with Crippen molar-refractivity contribution in [1.82, 2.24) is 14.9 Å². The molecular weight excluding hydrogens is 339 g/mol. The van der Waals surface area contributed by atoms with Crippen molar-refractivity contribution in [2.75, 3.05) is 19.7 Å². The highest BCUT2D eigenvalue weighted by Gasteiger charge is 2.38. The summed E-state index contributed by atoms with van der Waals surface area (Å²) in [7, 11) is 0. The second-order valence-corrected chi connectivity index (χ2v) is 5.37. The molecule has 1 aliphatic heterocycles. The fraction of sp³-hybridized carbons (Fsp3) is 0.312. The van der Waals surface area contributed by atoms with E-state index in [0.717, 1.165) is 6.07 Å². The predicted molar refractivity (Wildman–Crippen MR) is 80.0 cm³/mol. The molecule has 2 aromatic rings. The maximum atomic E-state index is 12.9. The van der Waals surface area contributed by atoms with Crippen LogP contribution >= 0.6 is 0 Å². The van der Waals surface area contributed by atoms with Crippen molar-refractivity contribution < 1.29 is 27.4 Å². The number of rotatable bonds is 5. The van der Waals surface area contributed by atoms with Gasteiger partial charge in [0.25, 0.3) is 5.91 Å². The third kappa shape index (κ3) is 4.17. The highest BCUT2D eigenvalue weighted by Crippen LogP contribution is 2.35. The number of ether oxygens (including phenoxy) is 2. The Labute approximate surface area is 141 Å². The quantitative estimate of drug-likeness (QED) is 0.824. The minimum atomic E-state index is -4.54. The molecule has 1 aliphatic rings. The number of amides is 1. The summed E-state index contributed by atoms with van der Waals surface area (Å²) in [5, 5.41) is 0. The van der Waals surface area contributed by atoms with Crippen LogP contribution in [0.25, 0.3) is 0 Å². The SMILES string of the molecule is O=C(COc1cccnc1)N1CC(Oc2ncccc2C(F)(F)F)C1. The average Bonchev–Trinajstić information content (AvgIpc) is 2.56. The summed E-state index contributed by atoms with van der Waals surface area (Å²) in [5.41, 5.74) is -0.931.